The molecule has 1 aliphatic rings. The average molecular weight is 449 g/mol. The van der Waals surface area contributed by atoms with Crippen molar-refractivity contribution in [3.63, 3.8) is 0 Å². The van der Waals surface area contributed by atoms with E-state index in [9.17, 15) is 22.4 Å². The number of hydrogen-bond acceptors (Lipinski definition) is 4. The molecule has 1 aliphatic carbocycles. The van der Waals surface area contributed by atoms with E-state index in [1.54, 1.807) is 24.3 Å². The number of hydrogen-bond donors (Lipinski definition) is 1. The van der Waals surface area contributed by atoms with Gasteiger partial charge in [-0.1, -0.05) is 12.1 Å². The first-order valence-corrected chi connectivity index (χ1v) is 9.79. The zero-order valence-corrected chi connectivity index (χ0v) is 16.9. The van der Waals surface area contributed by atoms with Crippen molar-refractivity contribution in [2.45, 2.75) is 25.1 Å². The fraction of sp³-hybridized carbons (Fsp3) is 0.273. The molecule has 1 N–H and O–H groups in total. The summed E-state index contributed by atoms with van der Waals surface area (Å²) in [5.41, 5.74) is -0.502. The van der Waals surface area contributed by atoms with E-state index >= 15 is 0 Å². The van der Waals surface area contributed by atoms with Crippen LogP contribution >= 0.6 is 0 Å². The van der Waals surface area contributed by atoms with E-state index in [4.69, 9.17) is 9.47 Å². The molecule has 168 valence electrons. The quantitative estimate of drug-likeness (QED) is 0.520. The van der Waals surface area contributed by atoms with E-state index in [-0.39, 0.29) is 11.6 Å². The highest BCUT2D eigenvalue weighted by Crippen LogP contribution is 2.42. The number of rotatable bonds is 6. The Labute approximate surface area is 180 Å². The SMILES string of the molecule is COc1ccc(C(NC(=O)Oc2cnn(-c3ccc(F)cc3)c2C(F)(F)F)C2CC2)cc1. The van der Waals surface area contributed by atoms with Crippen molar-refractivity contribution in [2.24, 2.45) is 5.92 Å². The Morgan fingerprint density at radius 1 is 1.12 bits per heavy atom. The fourth-order valence-corrected chi connectivity index (χ4v) is 3.42. The van der Waals surface area contributed by atoms with Crippen molar-refractivity contribution in [2.75, 3.05) is 7.11 Å². The van der Waals surface area contributed by atoms with Crippen LogP contribution in [0.3, 0.4) is 0 Å². The maximum absolute atomic E-state index is 13.7. The third-order valence-corrected chi connectivity index (χ3v) is 5.12. The highest BCUT2D eigenvalue weighted by molar-refractivity contribution is 5.71. The van der Waals surface area contributed by atoms with E-state index in [2.05, 4.69) is 10.4 Å². The first kappa shape index (κ1) is 21.7. The summed E-state index contributed by atoms with van der Waals surface area (Å²) in [5.74, 6) is -0.535. The molecule has 1 unspecified atom stereocenters. The lowest BCUT2D eigenvalue weighted by molar-refractivity contribution is -0.143. The summed E-state index contributed by atoms with van der Waals surface area (Å²) in [6.07, 6.45) is -3.32. The summed E-state index contributed by atoms with van der Waals surface area (Å²) in [6.45, 7) is 0. The van der Waals surface area contributed by atoms with Crippen LogP contribution in [0.25, 0.3) is 5.69 Å². The zero-order valence-electron chi connectivity index (χ0n) is 16.9. The summed E-state index contributed by atoms with van der Waals surface area (Å²) in [6, 6.07) is 11.0. The normalized spacial score (nSPS) is 14.7. The lowest BCUT2D eigenvalue weighted by atomic mass is 10.0. The van der Waals surface area contributed by atoms with Crippen LogP contribution in [-0.4, -0.2) is 23.0 Å². The van der Waals surface area contributed by atoms with E-state index in [0.29, 0.717) is 10.4 Å². The fourth-order valence-electron chi connectivity index (χ4n) is 3.42. The molecule has 1 atom stereocenters. The van der Waals surface area contributed by atoms with Crippen LogP contribution in [0, 0.1) is 11.7 Å². The molecule has 0 radical (unpaired) electrons. The summed E-state index contributed by atoms with van der Waals surface area (Å²) in [7, 11) is 1.54. The Bertz CT molecular complexity index is 1090. The van der Waals surface area contributed by atoms with Gasteiger partial charge >= 0.3 is 12.3 Å². The van der Waals surface area contributed by atoms with E-state index in [0.717, 1.165) is 48.9 Å². The number of halogens is 4. The molecule has 0 aliphatic heterocycles. The summed E-state index contributed by atoms with van der Waals surface area (Å²) < 4.78 is 65.1. The first-order valence-electron chi connectivity index (χ1n) is 9.79. The van der Waals surface area contributed by atoms with E-state index < -0.39 is 35.6 Å². The predicted octanol–water partition coefficient (Wildman–Crippen LogP) is 5.28. The molecule has 0 spiro atoms. The van der Waals surface area contributed by atoms with Gasteiger partial charge in [0.1, 0.15) is 11.6 Å². The maximum Gasteiger partial charge on any atom is 0.437 e. The molecule has 1 heterocycles. The molecule has 0 bridgehead atoms. The lowest BCUT2D eigenvalue weighted by Crippen LogP contribution is -2.32. The summed E-state index contributed by atoms with van der Waals surface area (Å²) >= 11 is 0. The largest absolute Gasteiger partial charge is 0.497 e. The van der Waals surface area contributed by atoms with Gasteiger partial charge in [-0.2, -0.15) is 18.3 Å². The molecular weight excluding hydrogens is 430 g/mol. The molecule has 2 aromatic carbocycles. The maximum atomic E-state index is 13.7. The number of nitrogens with one attached hydrogen (secondary N) is 1. The first-order chi connectivity index (χ1) is 15.3. The van der Waals surface area contributed by atoms with Crippen LogP contribution in [0.15, 0.2) is 54.7 Å². The number of ether oxygens (including phenoxy) is 2. The smallest absolute Gasteiger partial charge is 0.437 e. The monoisotopic (exact) mass is 449 g/mol. The van der Waals surface area contributed by atoms with Gasteiger partial charge in [-0.25, -0.2) is 13.9 Å². The van der Waals surface area contributed by atoms with Crippen LogP contribution in [0.5, 0.6) is 11.5 Å². The van der Waals surface area contributed by atoms with Gasteiger partial charge in [0.15, 0.2) is 11.4 Å². The Morgan fingerprint density at radius 3 is 2.34 bits per heavy atom. The number of aromatic nitrogens is 2. The topological polar surface area (TPSA) is 65.4 Å². The molecular formula is C22H19F4N3O3. The van der Waals surface area contributed by atoms with Crippen molar-refractivity contribution >= 4 is 6.09 Å². The van der Waals surface area contributed by atoms with Crippen molar-refractivity contribution in [1.29, 1.82) is 0 Å². The minimum Gasteiger partial charge on any atom is -0.497 e. The van der Waals surface area contributed by atoms with Gasteiger partial charge in [0, 0.05) is 0 Å². The number of carbonyl (C=O) groups excluding carboxylic acids is 1. The highest BCUT2D eigenvalue weighted by Gasteiger charge is 2.41. The Balaban J connectivity index is 1.56. The highest BCUT2D eigenvalue weighted by atomic mass is 19.4. The molecule has 1 amide bonds. The number of benzene rings is 2. The standard InChI is InChI=1S/C22H19F4N3O3/c1-31-17-10-4-14(5-11-17)19(13-2-3-13)28-21(30)32-18-12-27-29(20(18)22(24,25)26)16-8-6-15(23)7-9-16/h4-13,19H,2-3H2,1H3,(H,28,30). The second-order valence-corrected chi connectivity index (χ2v) is 7.37. The molecule has 1 saturated carbocycles. The molecule has 1 fully saturated rings. The zero-order chi connectivity index (χ0) is 22.9. The Kier molecular flexibility index (Phi) is 5.77. The number of nitrogens with zero attached hydrogens (tertiary/aromatic N) is 2. The number of carbonyl (C=O) groups is 1. The van der Waals surface area contributed by atoms with Crippen molar-refractivity contribution in [3.8, 4) is 17.2 Å². The second kappa shape index (κ2) is 8.52. The van der Waals surface area contributed by atoms with E-state index in [1.165, 1.54) is 7.11 Å². The van der Waals surface area contributed by atoms with Gasteiger partial charge in [-0.15, -0.1) is 0 Å². The van der Waals surface area contributed by atoms with Crippen LogP contribution in [-0.2, 0) is 6.18 Å². The summed E-state index contributed by atoms with van der Waals surface area (Å²) in [5, 5.41) is 6.36. The molecule has 10 heteroatoms. The van der Waals surface area contributed by atoms with E-state index in [1.807, 2.05) is 0 Å². The Morgan fingerprint density at radius 2 is 1.78 bits per heavy atom. The minimum atomic E-state index is -4.87. The van der Waals surface area contributed by atoms with Crippen LogP contribution in [0.2, 0.25) is 0 Å². The van der Waals surface area contributed by atoms with Crippen molar-refractivity contribution in [1.82, 2.24) is 15.1 Å². The predicted molar refractivity (Wildman–Crippen MR) is 106 cm³/mol. The number of methoxy groups -OCH3 is 1. The molecule has 6 nitrogen and oxygen atoms in total. The van der Waals surface area contributed by atoms with Gasteiger partial charge < -0.3 is 14.8 Å². The molecule has 4 rings (SSSR count). The second-order valence-electron chi connectivity index (χ2n) is 7.37. The van der Waals surface area contributed by atoms with Crippen molar-refractivity contribution in [3.05, 3.63) is 71.8 Å². The average Bonchev–Trinajstić information content (AvgIpc) is 3.51. The third-order valence-electron chi connectivity index (χ3n) is 5.12. The minimum absolute atomic E-state index is 0.0249. The molecule has 1 aromatic heterocycles. The third kappa shape index (κ3) is 4.68. The molecule has 32 heavy (non-hydrogen) atoms. The Hall–Kier alpha value is -3.56. The van der Waals surface area contributed by atoms with Gasteiger partial charge in [0.2, 0.25) is 0 Å². The van der Waals surface area contributed by atoms with Gasteiger partial charge in [-0.3, -0.25) is 0 Å². The number of alkyl halides is 3. The summed E-state index contributed by atoms with van der Waals surface area (Å²) in [4.78, 5) is 12.5. The molecule has 0 saturated heterocycles. The van der Waals surface area contributed by atoms with Crippen molar-refractivity contribution < 1.29 is 31.8 Å². The number of amides is 1. The van der Waals surface area contributed by atoms with Gasteiger partial charge in [-0.05, 0) is 60.7 Å². The van der Waals surface area contributed by atoms with Crippen LogP contribution in [0.1, 0.15) is 30.1 Å². The van der Waals surface area contributed by atoms with Crippen LogP contribution in [0.4, 0.5) is 22.4 Å². The van der Waals surface area contributed by atoms with Gasteiger partial charge in [0.25, 0.3) is 0 Å². The lowest BCUT2D eigenvalue weighted by Gasteiger charge is -2.19. The molecule has 3 aromatic rings. The van der Waals surface area contributed by atoms with Gasteiger partial charge in [0.05, 0.1) is 25.0 Å². The van der Waals surface area contributed by atoms with Crippen LogP contribution < -0.4 is 14.8 Å².